The van der Waals surface area contributed by atoms with E-state index in [-0.39, 0.29) is 30.5 Å². The molecule has 3 aromatic rings. The van der Waals surface area contributed by atoms with Crippen molar-refractivity contribution in [3.8, 4) is 17.5 Å². The minimum atomic E-state index is -0.349. The van der Waals surface area contributed by atoms with Crippen LogP contribution in [0.1, 0.15) is 17.9 Å². The van der Waals surface area contributed by atoms with E-state index in [2.05, 4.69) is 15.5 Å². The second-order valence-electron chi connectivity index (χ2n) is 5.21. The summed E-state index contributed by atoms with van der Waals surface area (Å²) in [5.74, 6) is -0.0321. The molecule has 6 nitrogen and oxygen atoms in total. The van der Waals surface area contributed by atoms with Gasteiger partial charge in [-0.2, -0.15) is 5.26 Å². The van der Waals surface area contributed by atoms with E-state index in [4.69, 9.17) is 9.68 Å². The van der Waals surface area contributed by atoms with Crippen LogP contribution in [0.25, 0.3) is 11.5 Å². The summed E-state index contributed by atoms with van der Waals surface area (Å²) in [6, 6.07) is 14.5. The molecule has 0 aliphatic heterocycles. The van der Waals surface area contributed by atoms with Crippen LogP contribution in [0.3, 0.4) is 0 Å². The lowest BCUT2D eigenvalue weighted by Gasteiger charge is -2.05. The van der Waals surface area contributed by atoms with Crippen molar-refractivity contribution in [2.24, 2.45) is 0 Å². The van der Waals surface area contributed by atoms with Crippen molar-refractivity contribution in [2.45, 2.75) is 12.8 Å². The summed E-state index contributed by atoms with van der Waals surface area (Å²) in [6.45, 7) is 0. The second-order valence-corrected chi connectivity index (χ2v) is 5.21. The van der Waals surface area contributed by atoms with Gasteiger partial charge in [0, 0.05) is 18.4 Å². The Kier molecular flexibility index (Phi) is 4.81. The van der Waals surface area contributed by atoms with Crippen molar-refractivity contribution in [3.05, 3.63) is 65.8 Å². The predicted molar refractivity (Wildman–Crippen MR) is 87.8 cm³/mol. The zero-order valence-electron chi connectivity index (χ0n) is 13.1. The van der Waals surface area contributed by atoms with Gasteiger partial charge in [-0.3, -0.25) is 4.79 Å². The van der Waals surface area contributed by atoms with E-state index in [9.17, 15) is 9.18 Å². The lowest BCUT2D eigenvalue weighted by atomic mass is 10.2. The van der Waals surface area contributed by atoms with Crippen molar-refractivity contribution in [3.63, 3.8) is 0 Å². The Hall–Kier alpha value is -3.53. The van der Waals surface area contributed by atoms with Gasteiger partial charge < -0.3 is 9.73 Å². The number of aromatic nitrogens is 2. The van der Waals surface area contributed by atoms with Gasteiger partial charge in [-0.1, -0.05) is 12.1 Å². The lowest BCUT2D eigenvalue weighted by Crippen LogP contribution is -2.13. The standard InChI is InChI=1S/C18H13FN4O2/c19-14-7-5-12(6-8-14)18-23-22-17(25-18)10-9-16(24)21-15-4-2-1-3-13(15)11-20/h1-8H,9-10H2,(H,21,24). The van der Waals surface area contributed by atoms with Crippen LogP contribution >= 0.6 is 0 Å². The maximum absolute atomic E-state index is 12.9. The van der Waals surface area contributed by atoms with E-state index in [0.717, 1.165) is 0 Å². The van der Waals surface area contributed by atoms with E-state index in [1.807, 2.05) is 6.07 Å². The summed E-state index contributed by atoms with van der Waals surface area (Å²) in [6.07, 6.45) is 0.388. The molecule has 0 fully saturated rings. The molecule has 0 spiro atoms. The first kappa shape index (κ1) is 16.3. The number of hydrogen-bond acceptors (Lipinski definition) is 5. The number of carbonyl (C=O) groups is 1. The van der Waals surface area contributed by atoms with E-state index < -0.39 is 0 Å². The minimum Gasteiger partial charge on any atom is -0.421 e. The summed E-state index contributed by atoms with van der Waals surface area (Å²) in [5, 5.41) is 19.5. The van der Waals surface area contributed by atoms with Gasteiger partial charge in [0.2, 0.25) is 17.7 Å². The molecule has 25 heavy (non-hydrogen) atoms. The maximum Gasteiger partial charge on any atom is 0.247 e. The Morgan fingerprint density at radius 2 is 1.92 bits per heavy atom. The largest absolute Gasteiger partial charge is 0.421 e. The minimum absolute atomic E-state index is 0.130. The van der Waals surface area contributed by atoms with Crippen molar-refractivity contribution in [1.82, 2.24) is 10.2 Å². The molecular formula is C18H13FN4O2. The predicted octanol–water partition coefficient (Wildman–Crippen LogP) is 3.32. The Balaban J connectivity index is 1.59. The third kappa shape index (κ3) is 4.06. The van der Waals surface area contributed by atoms with Crippen LogP contribution < -0.4 is 5.32 Å². The number of amides is 1. The zero-order valence-corrected chi connectivity index (χ0v) is 13.1. The molecular weight excluding hydrogens is 323 g/mol. The molecule has 2 aromatic carbocycles. The Morgan fingerprint density at radius 3 is 2.68 bits per heavy atom. The smallest absolute Gasteiger partial charge is 0.247 e. The Morgan fingerprint density at radius 1 is 1.16 bits per heavy atom. The van der Waals surface area contributed by atoms with Crippen LogP contribution in [0.4, 0.5) is 10.1 Å². The normalized spacial score (nSPS) is 10.2. The maximum atomic E-state index is 12.9. The second kappa shape index (κ2) is 7.36. The van der Waals surface area contributed by atoms with Crippen LogP contribution in [0.2, 0.25) is 0 Å². The number of halogens is 1. The average molecular weight is 336 g/mol. The summed E-state index contributed by atoms with van der Waals surface area (Å²) >= 11 is 0. The molecule has 7 heteroatoms. The highest BCUT2D eigenvalue weighted by molar-refractivity contribution is 5.92. The molecule has 1 amide bonds. The number of carbonyl (C=O) groups excluding carboxylic acids is 1. The van der Waals surface area contributed by atoms with E-state index in [1.54, 1.807) is 24.3 Å². The van der Waals surface area contributed by atoms with Crippen molar-refractivity contribution in [2.75, 3.05) is 5.32 Å². The molecule has 1 aromatic heterocycles. The van der Waals surface area contributed by atoms with Crippen LogP contribution in [0, 0.1) is 17.1 Å². The van der Waals surface area contributed by atoms with Crippen LogP contribution in [0.15, 0.2) is 52.9 Å². The van der Waals surface area contributed by atoms with Gasteiger partial charge in [0.15, 0.2) is 0 Å². The third-order valence-electron chi connectivity index (χ3n) is 3.45. The van der Waals surface area contributed by atoms with Gasteiger partial charge in [-0.25, -0.2) is 4.39 Å². The van der Waals surface area contributed by atoms with Gasteiger partial charge in [-0.15, -0.1) is 10.2 Å². The molecule has 0 radical (unpaired) electrons. The quantitative estimate of drug-likeness (QED) is 0.771. The number of anilines is 1. The fourth-order valence-electron chi connectivity index (χ4n) is 2.19. The molecule has 0 unspecified atom stereocenters. The molecule has 0 atom stereocenters. The third-order valence-corrected chi connectivity index (χ3v) is 3.45. The zero-order chi connectivity index (χ0) is 17.6. The highest BCUT2D eigenvalue weighted by atomic mass is 19.1. The monoisotopic (exact) mass is 336 g/mol. The van der Waals surface area contributed by atoms with E-state index in [1.165, 1.54) is 24.3 Å². The summed E-state index contributed by atoms with van der Waals surface area (Å²) in [7, 11) is 0. The van der Waals surface area contributed by atoms with Gasteiger partial charge in [0.1, 0.15) is 11.9 Å². The topological polar surface area (TPSA) is 91.8 Å². The molecule has 0 bridgehead atoms. The molecule has 1 heterocycles. The SMILES string of the molecule is N#Cc1ccccc1NC(=O)CCc1nnc(-c2ccc(F)cc2)o1. The number of nitrogens with zero attached hydrogens (tertiary/aromatic N) is 3. The molecule has 1 N–H and O–H groups in total. The first-order valence-electron chi connectivity index (χ1n) is 7.53. The molecule has 124 valence electrons. The fraction of sp³-hybridized carbons (Fsp3) is 0.111. The van der Waals surface area contributed by atoms with Crippen molar-refractivity contribution in [1.29, 1.82) is 5.26 Å². The summed E-state index contributed by atoms with van der Waals surface area (Å²) in [5.41, 5.74) is 1.47. The van der Waals surface area contributed by atoms with Crippen molar-refractivity contribution >= 4 is 11.6 Å². The number of aryl methyl sites for hydroxylation is 1. The first-order chi connectivity index (χ1) is 12.2. The van der Waals surface area contributed by atoms with Gasteiger partial charge in [-0.05, 0) is 36.4 Å². The van der Waals surface area contributed by atoms with Gasteiger partial charge in [0.25, 0.3) is 0 Å². The molecule has 0 aliphatic rings. The average Bonchev–Trinajstić information content (AvgIpc) is 3.10. The Bertz CT molecular complexity index is 929. The summed E-state index contributed by atoms with van der Waals surface area (Å²) < 4.78 is 18.4. The lowest BCUT2D eigenvalue weighted by molar-refractivity contribution is -0.116. The Labute approximate surface area is 142 Å². The number of rotatable bonds is 5. The number of hydrogen-bond donors (Lipinski definition) is 1. The molecule has 3 rings (SSSR count). The van der Waals surface area contributed by atoms with E-state index in [0.29, 0.717) is 22.7 Å². The number of benzene rings is 2. The van der Waals surface area contributed by atoms with E-state index >= 15 is 0 Å². The first-order valence-corrected chi connectivity index (χ1v) is 7.53. The van der Waals surface area contributed by atoms with Crippen LogP contribution in [-0.2, 0) is 11.2 Å². The summed E-state index contributed by atoms with van der Waals surface area (Å²) in [4.78, 5) is 12.0. The van der Waals surface area contributed by atoms with Crippen LogP contribution in [-0.4, -0.2) is 16.1 Å². The molecule has 0 saturated carbocycles. The molecule has 0 saturated heterocycles. The highest BCUT2D eigenvalue weighted by Crippen LogP contribution is 2.19. The number of nitriles is 1. The van der Waals surface area contributed by atoms with Crippen molar-refractivity contribution < 1.29 is 13.6 Å². The van der Waals surface area contributed by atoms with Gasteiger partial charge >= 0.3 is 0 Å². The number of para-hydroxylation sites is 1. The fourth-order valence-corrected chi connectivity index (χ4v) is 2.19. The number of nitrogens with one attached hydrogen (secondary N) is 1. The van der Waals surface area contributed by atoms with Crippen LogP contribution in [0.5, 0.6) is 0 Å². The van der Waals surface area contributed by atoms with Gasteiger partial charge in [0.05, 0.1) is 11.3 Å². The molecule has 0 aliphatic carbocycles. The highest BCUT2D eigenvalue weighted by Gasteiger charge is 2.12.